The van der Waals surface area contributed by atoms with E-state index in [1.807, 2.05) is 25.1 Å². The molecule has 0 aromatic heterocycles. The Morgan fingerprint density at radius 1 is 1.37 bits per heavy atom. The minimum atomic E-state index is -3.29. The minimum absolute atomic E-state index is 0.111. The Kier molecular flexibility index (Phi) is 4.30. The van der Waals surface area contributed by atoms with E-state index in [1.165, 1.54) is 0 Å². The zero-order valence-electron chi connectivity index (χ0n) is 10.6. The molecule has 1 unspecified atom stereocenters. The van der Waals surface area contributed by atoms with Gasteiger partial charge in [-0.25, -0.2) is 8.42 Å². The van der Waals surface area contributed by atoms with Crippen molar-refractivity contribution in [2.75, 3.05) is 11.1 Å². The molecule has 0 radical (unpaired) electrons. The molecule has 1 aliphatic rings. The Balaban J connectivity index is 2.19. The van der Waals surface area contributed by atoms with Crippen LogP contribution in [0.4, 0.5) is 5.69 Å². The van der Waals surface area contributed by atoms with Gasteiger partial charge in [0.05, 0.1) is 11.4 Å². The van der Waals surface area contributed by atoms with E-state index in [0.29, 0.717) is 18.5 Å². The van der Waals surface area contributed by atoms with Crippen LogP contribution in [0, 0.1) is 6.92 Å². The number of hydrogen-bond acceptors (Lipinski definition) is 3. The number of carbonyl (C=O) groups is 1. The molecule has 1 aromatic rings. The molecule has 0 spiro atoms. The van der Waals surface area contributed by atoms with E-state index in [9.17, 15) is 13.2 Å². The van der Waals surface area contributed by atoms with E-state index in [-0.39, 0.29) is 5.75 Å². The van der Waals surface area contributed by atoms with Crippen molar-refractivity contribution in [3.8, 4) is 0 Å². The van der Waals surface area contributed by atoms with Crippen molar-refractivity contribution >= 4 is 37.4 Å². The summed E-state index contributed by atoms with van der Waals surface area (Å²) >= 11 is 3.35. The van der Waals surface area contributed by atoms with Crippen molar-refractivity contribution < 1.29 is 13.2 Å². The summed E-state index contributed by atoms with van der Waals surface area (Å²) in [4.78, 5) is 12.1. The van der Waals surface area contributed by atoms with Gasteiger partial charge in [0.25, 0.3) is 0 Å². The smallest absolute Gasteiger partial charge is 0.242 e. The highest BCUT2D eigenvalue weighted by Crippen LogP contribution is 2.26. The molecule has 104 valence electrons. The highest BCUT2D eigenvalue weighted by Gasteiger charge is 2.34. The number of anilines is 1. The maximum absolute atomic E-state index is 12.1. The van der Waals surface area contributed by atoms with Crippen molar-refractivity contribution in [1.29, 1.82) is 0 Å². The highest BCUT2D eigenvalue weighted by molar-refractivity contribution is 9.10. The molecule has 1 amide bonds. The first kappa shape index (κ1) is 14.5. The van der Waals surface area contributed by atoms with Crippen molar-refractivity contribution in [2.45, 2.75) is 31.4 Å². The van der Waals surface area contributed by atoms with Crippen LogP contribution in [0.2, 0.25) is 0 Å². The molecule has 1 N–H and O–H groups in total. The summed E-state index contributed by atoms with van der Waals surface area (Å²) in [6.07, 6.45) is 1.85. The van der Waals surface area contributed by atoms with E-state index >= 15 is 0 Å². The molecule has 1 aliphatic heterocycles. The fourth-order valence-corrected chi connectivity index (χ4v) is 4.34. The van der Waals surface area contributed by atoms with Crippen molar-refractivity contribution in [1.82, 2.24) is 0 Å². The standard InChI is InChI=1S/C13H16BrNO3S/c1-9-5-6-10(14)11(8-9)15-13(16)12-4-2-3-7-19(12,17)18/h5-6,8,12H,2-4,7H2,1H3,(H,15,16). The van der Waals surface area contributed by atoms with Gasteiger partial charge in [-0.1, -0.05) is 12.5 Å². The summed E-state index contributed by atoms with van der Waals surface area (Å²) < 4.78 is 24.5. The summed E-state index contributed by atoms with van der Waals surface area (Å²) in [5, 5.41) is 1.80. The van der Waals surface area contributed by atoms with Gasteiger partial charge in [0, 0.05) is 4.47 Å². The third-order valence-electron chi connectivity index (χ3n) is 3.25. The Hall–Kier alpha value is -0.880. The van der Waals surface area contributed by atoms with E-state index in [1.54, 1.807) is 0 Å². The lowest BCUT2D eigenvalue weighted by Crippen LogP contribution is -2.39. The van der Waals surface area contributed by atoms with E-state index in [2.05, 4.69) is 21.2 Å². The lowest BCUT2D eigenvalue weighted by atomic mass is 10.1. The molecule has 4 nitrogen and oxygen atoms in total. The van der Waals surface area contributed by atoms with Crippen LogP contribution in [0.5, 0.6) is 0 Å². The van der Waals surface area contributed by atoms with Crippen LogP contribution in [-0.4, -0.2) is 25.3 Å². The Morgan fingerprint density at radius 2 is 2.11 bits per heavy atom. The number of nitrogens with one attached hydrogen (secondary N) is 1. The van der Waals surface area contributed by atoms with Crippen LogP contribution in [-0.2, 0) is 14.6 Å². The van der Waals surface area contributed by atoms with E-state index < -0.39 is 21.0 Å². The van der Waals surface area contributed by atoms with Crippen LogP contribution < -0.4 is 5.32 Å². The normalized spacial score (nSPS) is 21.9. The molecule has 0 bridgehead atoms. The number of aryl methyl sites for hydroxylation is 1. The van der Waals surface area contributed by atoms with Crippen LogP contribution in [0.25, 0.3) is 0 Å². The van der Waals surface area contributed by atoms with Gasteiger partial charge < -0.3 is 5.32 Å². The second kappa shape index (κ2) is 5.63. The average molecular weight is 346 g/mol. The predicted molar refractivity (Wildman–Crippen MR) is 78.9 cm³/mol. The summed E-state index contributed by atoms with van der Waals surface area (Å²) in [6, 6.07) is 5.56. The lowest BCUT2D eigenvalue weighted by molar-refractivity contribution is -0.116. The number of rotatable bonds is 2. The fraction of sp³-hybridized carbons (Fsp3) is 0.462. The molecule has 0 saturated carbocycles. The average Bonchev–Trinajstić information content (AvgIpc) is 2.33. The number of hydrogen-bond donors (Lipinski definition) is 1. The highest BCUT2D eigenvalue weighted by atomic mass is 79.9. The molecule has 1 aromatic carbocycles. The van der Waals surface area contributed by atoms with Gasteiger partial charge in [-0.05, 0) is 53.4 Å². The number of sulfone groups is 1. The molecular formula is C13H16BrNO3S. The first-order valence-corrected chi connectivity index (χ1v) is 8.69. The maximum Gasteiger partial charge on any atom is 0.242 e. The summed E-state index contributed by atoms with van der Waals surface area (Å²) in [5.74, 6) is -0.314. The van der Waals surface area contributed by atoms with E-state index in [4.69, 9.17) is 0 Å². The monoisotopic (exact) mass is 345 g/mol. The van der Waals surface area contributed by atoms with Gasteiger partial charge in [0.2, 0.25) is 5.91 Å². The van der Waals surface area contributed by atoms with Crippen molar-refractivity contribution in [3.63, 3.8) is 0 Å². The molecular weight excluding hydrogens is 330 g/mol. The van der Waals surface area contributed by atoms with E-state index in [0.717, 1.165) is 16.5 Å². The molecule has 1 heterocycles. The Bertz CT molecular complexity index is 598. The van der Waals surface area contributed by atoms with Gasteiger partial charge in [-0.3, -0.25) is 4.79 Å². The number of halogens is 1. The largest absolute Gasteiger partial charge is 0.324 e. The third-order valence-corrected chi connectivity index (χ3v) is 6.12. The van der Waals surface area contributed by atoms with Crippen LogP contribution >= 0.6 is 15.9 Å². The Morgan fingerprint density at radius 3 is 2.79 bits per heavy atom. The number of amides is 1. The van der Waals surface area contributed by atoms with Gasteiger partial charge in [0.1, 0.15) is 5.25 Å². The molecule has 2 rings (SSSR count). The van der Waals surface area contributed by atoms with Crippen LogP contribution in [0.3, 0.4) is 0 Å². The molecule has 1 fully saturated rings. The third kappa shape index (κ3) is 3.36. The predicted octanol–water partition coefficient (Wildman–Crippen LogP) is 2.66. The number of carbonyl (C=O) groups excluding carboxylic acids is 1. The van der Waals surface area contributed by atoms with Crippen molar-refractivity contribution in [3.05, 3.63) is 28.2 Å². The quantitative estimate of drug-likeness (QED) is 0.896. The van der Waals surface area contributed by atoms with Gasteiger partial charge in [-0.15, -0.1) is 0 Å². The van der Waals surface area contributed by atoms with Crippen LogP contribution in [0.1, 0.15) is 24.8 Å². The summed E-state index contributed by atoms with van der Waals surface area (Å²) in [5.41, 5.74) is 1.62. The first-order valence-electron chi connectivity index (χ1n) is 6.19. The first-order chi connectivity index (χ1) is 8.90. The summed E-state index contributed by atoms with van der Waals surface area (Å²) in [6.45, 7) is 1.92. The molecule has 1 saturated heterocycles. The fourth-order valence-electron chi connectivity index (χ4n) is 2.20. The zero-order valence-corrected chi connectivity index (χ0v) is 13.1. The lowest BCUT2D eigenvalue weighted by Gasteiger charge is -2.21. The second-order valence-electron chi connectivity index (χ2n) is 4.82. The summed E-state index contributed by atoms with van der Waals surface area (Å²) in [7, 11) is -3.29. The Labute approximate surface area is 121 Å². The topological polar surface area (TPSA) is 63.2 Å². The van der Waals surface area contributed by atoms with Crippen molar-refractivity contribution in [2.24, 2.45) is 0 Å². The zero-order chi connectivity index (χ0) is 14.0. The molecule has 1 atom stereocenters. The SMILES string of the molecule is Cc1ccc(Br)c(NC(=O)C2CCCCS2(=O)=O)c1. The minimum Gasteiger partial charge on any atom is -0.324 e. The number of benzene rings is 1. The van der Waals surface area contributed by atoms with Gasteiger partial charge >= 0.3 is 0 Å². The molecule has 0 aliphatic carbocycles. The van der Waals surface area contributed by atoms with Gasteiger partial charge in [-0.2, -0.15) is 0 Å². The maximum atomic E-state index is 12.1. The van der Waals surface area contributed by atoms with Gasteiger partial charge in [0.15, 0.2) is 9.84 Å². The second-order valence-corrected chi connectivity index (χ2v) is 7.98. The molecule has 6 heteroatoms. The van der Waals surface area contributed by atoms with Crippen LogP contribution in [0.15, 0.2) is 22.7 Å². The molecule has 19 heavy (non-hydrogen) atoms.